The van der Waals surface area contributed by atoms with Gasteiger partial charge in [0.1, 0.15) is 0 Å². The standard InChI is InChI=1S/C11H23NO2/c1-10(2)9-12-5-3-11(4-6-12)14-8-7-13/h10-11,13H,3-9H2,1-2H3. The van der Waals surface area contributed by atoms with Gasteiger partial charge in [0.2, 0.25) is 0 Å². The van der Waals surface area contributed by atoms with Gasteiger partial charge < -0.3 is 14.7 Å². The van der Waals surface area contributed by atoms with Crippen LogP contribution in [0, 0.1) is 5.92 Å². The number of aliphatic hydroxyl groups is 1. The maximum atomic E-state index is 8.63. The summed E-state index contributed by atoms with van der Waals surface area (Å²) in [5, 5.41) is 8.63. The molecule has 0 atom stereocenters. The number of hydrogen-bond acceptors (Lipinski definition) is 3. The van der Waals surface area contributed by atoms with E-state index in [1.54, 1.807) is 0 Å². The van der Waals surface area contributed by atoms with Gasteiger partial charge >= 0.3 is 0 Å². The molecule has 1 N–H and O–H groups in total. The zero-order chi connectivity index (χ0) is 10.4. The molecule has 0 aliphatic carbocycles. The van der Waals surface area contributed by atoms with Crippen LogP contribution in [-0.4, -0.2) is 49.0 Å². The number of ether oxygens (including phenoxy) is 1. The molecule has 1 aliphatic rings. The normalized spacial score (nSPS) is 20.6. The van der Waals surface area contributed by atoms with Gasteiger partial charge in [-0.05, 0) is 18.8 Å². The summed E-state index contributed by atoms with van der Waals surface area (Å²) in [6.45, 7) is 8.65. The second kappa shape index (κ2) is 6.38. The number of piperidine rings is 1. The molecule has 1 saturated heterocycles. The molecule has 0 radical (unpaired) electrons. The minimum atomic E-state index is 0.145. The van der Waals surface area contributed by atoms with Crippen molar-refractivity contribution in [2.75, 3.05) is 32.8 Å². The van der Waals surface area contributed by atoms with Crippen LogP contribution in [0.15, 0.2) is 0 Å². The van der Waals surface area contributed by atoms with Crippen LogP contribution in [0.3, 0.4) is 0 Å². The topological polar surface area (TPSA) is 32.7 Å². The van der Waals surface area contributed by atoms with E-state index < -0.39 is 0 Å². The zero-order valence-corrected chi connectivity index (χ0v) is 9.41. The van der Waals surface area contributed by atoms with Crippen molar-refractivity contribution in [3.8, 4) is 0 Å². The van der Waals surface area contributed by atoms with E-state index in [9.17, 15) is 0 Å². The Morgan fingerprint density at radius 2 is 2.00 bits per heavy atom. The second-order valence-corrected chi connectivity index (χ2v) is 4.49. The highest BCUT2D eigenvalue weighted by Gasteiger charge is 2.19. The van der Waals surface area contributed by atoms with Crippen molar-refractivity contribution in [3.05, 3.63) is 0 Å². The molecular formula is C11H23NO2. The Bertz CT molecular complexity index is 142. The quantitative estimate of drug-likeness (QED) is 0.723. The summed E-state index contributed by atoms with van der Waals surface area (Å²) in [5.74, 6) is 0.755. The van der Waals surface area contributed by atoms with E-state index in [1.807, 2.05) is 0 Å². The van der Waals surface area contributed by atoms with Gasteiger partial charge in [-0.1, -0.05) is 13.8 Å². The molecule has 1 fully saturated rings. The summed E-state index contributed by atoms with van der Waals surface area (Å²) in [6.07, 6.45) is 2.62. The van der Waals surface area contributed by atoms with E-state index in [-0.39, 0.29) is 6.61 Å². The molecule has 84 valence electrons. The van der Waals surface area contributed by atoms with Gasteiger partial charge in [0.05, 0.1) is 19.3 Å². The van der Waals surface area contributed by atoms with Crippen LogP contribution in [-0.2, 0) is 4.74 Å². The molecular weight excluding hydrogens is 178 g/mol. The van der Waals surface area contributed by atoms with Gasteiger partial charge in [-0.2, -0.15) is 0 Å². The maximum Gasteiger partial charge on any atom is 0.0701 e. The summed E-state index contributed by atoms with van der Waals surface area (Å²) in [7, 11) is 0. The molecule has 0 aromatic heterocycles. The van der Waals surface area contributed by atoms with Gasteiger partial charge in [0, 0.05) is 19.6 Å². The third kappa shape index (κ3) is 4.40. The fourth-order valence-electron chi connectivity index (χ4n) is 1.99. The highest BCUT2D eigenvalue weighted by molar-refractivity contribution is 4.73. The summed E-state index contributed by atoms with van der Waals surface area (Å²) in [4.78, 5) is 2.50. The fourth-order valence-corrected chi connectivity index (χ4v) is 1.99. The number of rotatable bonds is 5. The summed E-state index contributed by atoms with van der Waals surface area (Å²) < 4.78 is 5.51. The number of aliphatic hydroxyl groups excluding tert-OH is 1. The maximum absolute atomic E-state index is 8.63. The van der Waals surface area contributed by atoms with Crippen LogP contribution >= 0.6 is 0 Å². The van der Waals surface area contributed by atoms with Crippen LogP contribution < -0.4 is 0 Å². The monoisotopic (exact) mass is 201 g/mol. The molecule has 0 aromatic carbocycles. The average molecular weight is 201 g/mol. The van der Waals surface area contributed by atoms with Crippen molar-refractivity contribution < 1.29 is 9.84 Å². The molecule has 0 saturated carbocycles. The van der Waals surface area contributed by atoms with Gasteiger partial charge in [-0.3, -0.25) is 0 Å². The van der Waals surface area contributed by atoms with Crippen molar-refractivity contribution in [3.63, 3.8) is 0 Å². The number of likely N-dealkylation sites (tertiary alicyclic amines) is 1. The lowest BCUT2D eigenvalue weighted by Gasteiger charge is -2.32. The fraction of sp³-hybridized carbons (Fsp3) is 1.00. The van der Waals surface area contributed by atoms with Gasteiger partial charge in [0.15, 0.2) is 0 Å². The molecule has 0 amide bonds. The summed E-state index contributed by atoms with van der Waals surface area (Å²) in [6, 6.07) is 0. The van der Waals surface area contributed by atoms with E-state index in [2.05, 4.69) is 18.7 Å². The number of nitrogens with zero attached hydrogens (tertiary/aromatic N) is 1. The molecule has 3 heteroatoms. The molecule has 0 unspecified atom stereocenters. The van der Waals surface area contributed by atoms with E-state index in [1.165, 1.54) is 6.54 Å². The van der Waals surface area contributed by atoms with Gasteiger partial charge in [-0.25, -0.2) is 0 Å². The first kappa shape index (κ1) is 12.0. The average Bonchev–Trinajstić information content (AvgIpc) is 2.16. The molecule has 1 heterocycles. The minimum Gasteiger partial charge on any atom is -0.394 e. The molecule has 0 aromatic rings. The SMILES string of the molecule is CC(C)CN1CCC(OCCO)CC1. The Balaban J connectivity index is 2.11. The first-order chi connectivity index (χ1) is 6.72. The van der Waals surface area contributed by atoms with Crippen LogP contribution in [0.2, 0.25) is 0 Å². The van der Waals surface area contributed by atoms with Crippen LogP contribution in [0.5, 0.6) is 0 Å². The van der Waals surface area contributed by atoms with E-state index >= 15 is 0 Å². The lowest BCUT2D eigenvalue weighted by Crippen LogP contribution is -2.39. The third-order valence-electron chi connectivity index (χ3n) is 2.60. The molecule has 14 heavy (non-hydrogen) atoms. The van der Waals surface area contributed by atoms with Crippen molar-refractivity contribution >= 4 is 0 Å². The van der Waals surface area contributed by atoms with Crippen molar-refractivity contribution in [2.24, 2.45) is 5.92 Å². The highest BCUT2D eigenvalue weighted by Crippen LogP contribution is 2.14. The lowest BCUT2D eigenvalue weighted by atomic mass is 10.1. The van der Waals surface area contributed by atoms with E-state index in [0.29, 0.717) is 12.7 Å². The van der Waals surface area contributed by atoms with Gasteiger partial charge in [0.25, 0.3) is 0 Å². The first-order valence-corrected chi connectivity index (χ1v) is 5.67. The Labute approximate surface area is 87.1 Å². The zero-order valence-electron chi connectivity index (χ0n) is 9.41. The van der Waals surface area contributed by atoms with Crippen molar-refractivity contribution in [2.45, 2.75) is 32.8 Å². The predicted octanol–water partition coefficient (Wildman–Crippen LogP) is 1.12. The minimum absolute atomic E-state index is 0.145. The number of hydrogen-bond donors (Lipinski definition) is 1. The Kier molecular flexibility index (Phi) is 5.45. The third-order valence-corrected chi connectivity index (χ3v) is 2.60. The van der Waals surface area contributed by atoms with Crippen molar-refractivity contribution in [1.29, 1.82) is 0 Å². The predicted molar refractivity (Wildman–Crippen MR) is 57.3 cm³/mol. The van der Waals surface area contributed by atoms with Gasteiger partial charge in [-0.15, -0.1) is 0 Å². The van der Waals surface area contributed by atoms with Crippen molar-refractivity contribution in [1.82, 2.24) is 4.90 Å². The molecule has 0 bridgehead atoms. The van der Waals surface area contributed by atoms with Crippen LogP contribution in [0.25, 0.3) is 0 Å². The van der Waals surface area contributed by atoms with E-state index in [4.69, 9.17) is 9.84 Å². The highest BCUT2D eigenvalue weighted by atomic mass is 16.5. The first-order valence-electron chi connectivity index (χ1n) is 5.67. The molecule has 0 spiro atoms. The largest absolute Gasteiger partial charge is 0.394 e. The summed E-state index contributed by atoms with van der Waals surface area (Å²) >= 11 is 0. The Morgan fingerprint density at radius 3 is 2.50 bits per heavy atom. The van der Waals surface area contributed by atoms with Crippen LogP contribution in [0.4, 0.5) is 0 Å². The lowest BCUT2D eigenvalue weighted by molar-refractivity contribution is -0.00925. The Hall–Kier alpha value is -0.120. The van der Waals surface area contributed by atoms with Crippen LogP contribution in [0.1, 0.15) is 26.7 Å². The molecule has 3 nitrogen and oxygen atoms in total. The Morgan fingerprint density at radius 1 is 1.36 bits per heavy atom. The smallest absolute Gasteiger partial charge is 0.0701 e. The summed E-state index contributed by atoms with van der Waals surface area (Å²) in [5.41, 5.74) is 0. The molecule has 1 aliphatic heterocycles. The molecule has 1 rings (SSSR count). The second-order valence-electron chi connectivity index (χ2n) is 4.49. The van der Waals surface area contributed by atoms with E-state index in [0.717, 1.165) is 31.8 Å².